The maximum absolute atomic E-state index is 4.86. The Bertz CT molecular complexity index is 950. The van der Waals surface area contributed by atoms with Gasteiger partial charge in [-0.3, -0.25) is 0 Å². The van der Waals surface area contributed by atoms with Gasteiger partial charge in [0.15, 0.2) is 0 Å². The summed E-state index contributed by atoms with van der Waals surface area (Å²) >= 11 is 0. The predicted octanol–water partition coefficient (Wildman–Crippen LogP) is 5.60. The van der Waals surface area contributed by atoms with Crippen LogP contribution in [0, 0.1) is 0 Å². The summed E-state index contributed by atoms with van der Waals surface area (Å²) in [5, 5.41) is 5.12. The molecule has 0 aliphatic carbocycles. The Hall–Kier alpha value is -2.35. The number of benzene rings is 3. The lowest BCUT2D eigenvalue weighted by Gasteiger charge is -2.03. The van der Waals surface area contributed by atoms with Crippen LogP contribution in [0.1, 0.15) is 32.0 Å². The summed E-state index contributed by atoms with van der Waals surface area (Å²) in [5.74, 6) is 1.11. The topological polar surface area (TPSA) is 28.7 Å². The minimum Gasteiger partial charge on any atom is -0.342 e. The molecule has 0 radical (unpaired) electrons. The molecule has 0 amide bonds. The number of imidazole rings is 1. The van der Waals surface area contributed by atoms with E-state index in [1.807, 2.05) is 0 Å². The number of unbranched alkanes of at least 4 members (excludes halogenated alkanes) is 2. The largest absolute Gasteiger partial charge is 0.342 e. The molecule has 0 aliphatic heterocycles. The Labute approximate surface area is 130 Å². The second-order valence-electron chi connectivity index (χ2n) is 5.98. The molecular formula is C20H20N2. The van der Waals surface area contributed by atoms with E-state index < -0.39 is 0 Å². The van der Waals surface area contributed by atoms with Gasteiger partial charge in [0, 0.05) is 11.8 Å². The first-order chi connectivity index (χ1) is 10.9. The Morgan fingerprint density at radius 3 is 2.64 bits per heavy atom. The van der Waals surface area contributed by atoms with Gasteiger partial charge in [-0.1, -0.05) is 62.2 Å². The molecule has 1 heterocycles. The second kappa shape index (κ2) is 5.45. The van der Waals surface area contributed by atoms with Crippen LogP contribution in [-0.2, 0) is 6.42 Å². The molecule has 110 valence electrons. The van der Waals surface area contributed by atoms with Crippen LogP contribution in [0.15, 0.2) is 48.5 Å². The summed E-state index contributed by atoms with van der Waals surface area (Å²) in [7, 11) is 0. The Kier molecular flexibility index (Phi) is 3.30. The summed E-state index contributed by atoms with van der Waals surface area (Å²) in [4.78, 5) is 8.35. The van der Waals surface area contributed by atoms with Gasteiger partial charge in [0.05, 0.1) is 11.0 Å². The van der Waals surface area contributed by atoms with Crippen LogP contribution < -0.4 is 0 Å². The number of hydrogen-bond acceptors (Lipinski definition) is 1. The molecule has 22 heavy (non-hydrogen) atoms. The molecule has 1 N–H and O–H groups in total. The maximum atomic E-state index is 4.86. The number of nitrogens with zero attached hydrogens (tertiary/aromatic N) is 1. The fourth-order valence-corrected chi connectivity index (χ4v) is 3.27. The van der Waals surface area contributed by atoms with Gasteiger partial charge < -0.3 is 4.98 Å². The van der Waals surface area contributed by atoms with Crippen molar-refractivity contribution in [2.24, 2.45) is 0 Å². The average molecular weight is 288 g/mol. The lowest BCUT2D eigenvalue weighted by Crippen LogP contribution is -1.87. The summed E-state index contributed by atoms with van der Waals surface area (Å²) < 4.78 is 0. The zero-order chi connectivity index (χ0) is 14.9. The lowest BCUT2D eigenvalue weighted by molar-refractivity contribution is 0.700. The molecule has 2 heteroatoms. The zero-order valence-corrected chi connectivity index (χ0v) is 12.9. The molecule has 0 aliphatic rings. The van der Waals surface area contributed by atoms with E-state index in [2.05, 4.69) is 60.4 Å². The molecule has 0 unspecified atom stereocenters. The van der Waals surface area contributed by atoms with Crippen LogP contribution in [0.5, 0.6) is 0 Å². The fraction of sp³-hybridized carbons (Fsp3) is 0.250. The molecular weight excluding hydrogens is 268 g/mol. The molecule has 0 atom stereocenters. The van der Waals surface area contributed by atoms with E-state index in [-0.39, 0.29) is 0 Å². The van der Waals surface area contributed by atoms with Gasteiger partial charge in [-0.05, 0) is 28.6 Å². The van der Waals surface area contributed by atoms with Crippen molar-refractivity contribution in [3.8, 4) is 0 Å². The SMILES string of the molecule is CCCCCc1nc2c(ccc3c4ccccc4ccc32)[nH]1. The third-order valence-corrected chi connectivity index (χ3v) is 4.44. The third-order valence-electron chi connectivity index (χ3n) is 4.44. The highest BCUT2D eigenvalue weighted by Gasteiger charge is 2.08. The zero-order valence-electron chi connectivity index (χ0n) is 12.9. The first-order valence-corrected chi connectivity index (χ1v) is 8.16. The third kappa shape index (κ3) is 2.16. The highest BCUT2D eigenvalue weighted by molar-refractivity contribution is 6.15. The van der Waals surface area contributed by atoms with Crippen LogP contribution in [-0.4, -0.2) is 9.97 Å². The van der Waals surface area contributed by atoms with Crippen LogP contribution in [0.2, 0.25) is 0 Å². The fourth-order valence-electron chi connectivity index (χ4n) is 3.27. The van der Waals surface area contributed by atoms with E-state index in [1.54, 1.807) is 0 Å². The van der Waals surface area contributed by atoms with Crippen LogP contribution in [0.3, 0.4) is 0 Å². The summed E-state index contributed by atoms with van der Waals surface area (Å²) in [6, 6.07) is 17.3. The highest BCUT2D eigenvalue weighted by Crippen LogP contribution is 2.30. The van der Waals surface area contributed by atoms with E-state index >= 15 is 0 Å². The quantitative estimate of drug-likeness (QED) is 0.384. The Morgan fingerprint density at radius 2 is 1.73 bits per heavy atom. The molecule has 3 aromatic carbocycles. The smallest absolute Gasteiger partial charge is 0.107 e. The van der Waals surface area contributed by atoms with Crippen LogP contribution >= 0.6 is 0 Å². The summed E-state index contributed by atoms with van der Waals surface area (Å²) in [6.07, 6.45) is 4.76. The number of aromatic nitrogens is 2. The highest BCUT2D eigenvalue weighted by atomic mass is 14.9. The molecule has 2 nitrogen and oxygen atoms in total. The number of fused-ring (bicyclic) bond motifs is 5. The van der Waals surface area contributed by atoms with Gasteiger partial charge in [-0.15, -0.1) is 0 Å². The van der Waals surface area contributed by atoms with E-state index in [0.717, 1.165) is 23.3 Å². The Morgan fingerprint density at radius 1 is 0.864 bits per heavy atom. The minimum atomic E-state index is 1.04. The van der Waals surface area contributed by atoms with Crippen molar-refractivity contribution < 1.29 is 0 Å². The molecule has 0 spiro atoms. The van der Waals surface area contributed by atoms with Gasteiger partial charge in [-0.25, -0.2) is 4.98 Å². The van der Waals surface area contributed by atoms with Crippen LogP contribution in [0.4, 0.5) is 0 Å². The first-order valence-electron chi connectivity index (χ1n) is 8.16. The van der Waals surface area contributed by atoms with Crippen molar-refractivity contribution in [3.05, 3.63) is 54.4 Å². The van der Waals surface area contributed by atoms with Gasteiger partial charge in [0.1, 0.15) is 5.82 Å². The van der Waals surface area contributed by atoms with Gasteiger partial charge in [0.25, 0.3) is 0 Å². The summed E-state index contributed by atoms with van der Waals surface area (Å²) in [6.45, 7) is 2.23. The molecule has 0 saturated heterocycles. The standard InChI is InChI=1S/C20H20N2/c1-2-3-4-9-19-21-18-13-12-16-15-8-6-5-7-14(15)10-11-17(16)20(18)22-19/h5-8,10-13H,2-4,9H2,1H3,(H,21,22). The number of hydrogen-bond donors (Lipinski definition) is 1. The van der Waals surface area contributed by atoms with Crippen molar-refractivity contribution in [2.45, 2.75) is 32.6 Å². The van der Waals surface area contributed by atoms with Crippen molar-refractivity contribution >= 4 is 32.6 Å². The van der Waals surface area contributed by atoms with Gasteiger partial charge in [-0.2, -0.15) is 0 Å². The number of aryl methyl sites for hydroxylation is 1. The van der Waals surface area contributed by atoms with Gasteiger partial charge >= 0.3 is 0 Å². The second-order valence-corrected chi connectivity index (χ2v) is 5.98. The monoisotopic (exact) mass is 288 g/mol. The van der Waals surface area contributed by atoms with Crippen molar-refractivity contribution in [3.63, 3.8) is 0 Å². The minimum absolute atomic E-state index is 1.04. The van der Waals surface area contributed by atoms with E-state index in [1.165, 1.54) is 40.8 Å². The number of nitrogens with one attached hydrogen (secondary N) is 1. The Balaban J connectivity index is 1.89. The molecule has 1 aromatic heterocycles. The number of aromatic amines is 1. The van der Waals surface area contributed by atoms with E-state index in [0.29, 0.717) is 0 Å². The van der Waals surface area contributed by atoms with Crippen molar-refractivity contribution in [1.82, 2.24) is 9.97 Å². The molecule has 0 bridgehead atoms. The number of rotatable bonds is 4. The molecule has 0 saturated carbocycles. The normalized spacial score (nSPS) is 11.7. The van der Waals surface area contributed by atoms with E-state index in [4.69, 9.17) is 4.98 Å². The number of H-pyrrole nitrogens is 1. The first kappa shape index (κ1) is 13.3. The summed E-state index contributed by atoms with van der Waals surface area (Å²) in [5.41, 5.74) is 2.25. The molecule has 0 fully saturated rings. The molecule has 4 aromatic rings. The maximum Gasteiger partial charge on any atom is 0.107 e. The average Bonchev–Trinajstić information content (AvgIpc) is 2.98. The van der Waals surface area contributed by atoms with E-state index in [9.17, 15) is 0 Å². The van der Waals surface area contributed by atoms with Crippen molar-refractivity contribution in [1.29, 1.82) is 0 Å². The lowest BCUT2D eigenvalue weighted by atomic mass is 10.0. The van der Waals surface area contributed by atoms with Gasteiger partial charge in [0.2, 0.25) is 0 Å². The molecule has 4 rings (SSSR count). The van der Waals surface area contributed by atoms with Crippen LogP contribution in [0.25, 0.3) is 32.6 Å². The predicted molar refractivity (Wildman–Crippen MR) is 94.3 cm³/mol. The van der Waals surface area contributed by atoms with Crippen molar-refractivity contribution in [2.75, 3.05) is 0 Å².